The van der Waals surface area contributed by atoms with Gasteiger partial charge < -0.3 is 9.30 Å². The maximum Gasteiger partial charge on any atom is 0.329 e. The molecule has 1 N–H and O–H groups in total. The number of imidazole rings is 1. The summed E-state index contributed by atoms with van der Waals surface area (Å²) in [7, 11) is 1.87. The van der Waals surface area contributed by atoms with Crippen LogP contribution in [0.4, 0.5) is 10.6 Å². The van der Waals surface area contributed by atoms with Crippen LogP contribution in [0.15, 0.2) is 42.6 Å². The molecule has 1 saturated heterocycles. The molecular formula is C31H36N6O3. The third-order valence-corrected chi connectivity index (χ3v) is 8.98. The Bertz CT molecular complexity index is 1460. The monoisotopic (exact) mass is 540 g/mol. The zero-order chi connectivity index (χ0) is 27.6. The summed E-state index contributed by atoms with van der Waals surface area (Å²) < 4.78 is 8.29. The molecule has 2 aliphatic heterocycles. The van der Waals surface area contributed by atoms with Crippen molar-refractivity contribution in [1.29, 1.82) is 0 Å². The van der Waals surface area contributed by atoms with Crippen molar-refractivity contribution in [1.82, 2.24) is 24.8 Å². The van der Waals surface area contributed by atoms with Gasteiger partial charge in [0.1, 0.15) is 23.4 Å². The van der Waals surface area contributed by atoms with Crippen LogP contribution >= 0.6 is 0 Å². The average molecular weight is 541 g/mol. The van der Waals surface area contributed by atoms with Gasteiger partial charge in [-0.1, -0.05) is 18.2 Å². The molecule has 3 fully saturated rings. The van der Waals surface area contributed by atoms with Crippen LogP contribution in [0.2, 0.25) is 0 Å². The van der Waals surface area contributed by atoms with E-state index in [2.05, 4.69) is 59.4 Å². The average Bonchev–Trinajstić information content (AvgIpc) is 3.86. The predicted octanol–water partition coefficient (Wildman–Crippen LogP) is 4.75. The van der Waals surface area contributed by atoms with E-state index in [4.69, 9.17) is 9.72 Å². The van der Waals surface area contributed by atoms with Crippen molar-refractivity contribution in [3.63, 3.8) is 0 Å². The Balaban J connectivity index is 1.07. The van der Waals surface area contributed by atoms with Gasteiger partial charge in [0.05, 0.1) is 17.4 Å². The van der Waals surface area contributed by atoms with Crippen LogP contribution < -0.4 is 15.0 Å². The lowest BCUT2D eigenvalue weighted by atomic mass is 9.98. The Morgan fingerprint density at radius 1 is 1.05 bits per heavy atom. The SMILES string of the molecule is Cn1c(N2CCC(=O)NC2=O)cnc1-c1ccc2c(n1)C(C)(C)N(Cc1ccc(OC(C3CC3)C3CC3)cc1)C2. The molecule has 9 nitrogen and oxygen atoms in total. The molecule has 0 spiro atoms. The van der Waals surface area contributed by atoms with E-state index < -0.39 is 6.03 Å². The number of ether oxygens (including phenoxy) is 1. The molecule has 9 heteroatoms. The highest BCUT2D eigenvalue weighted by Crippen LogP contribution is 2.46. The van der Waals surface area contributed by atoms with Gasteiger partial charge in [-0.3, -0.25) is 19.9 Å². The summed E-state index contributed by atoms with van der Waals surface area (Å²) in [6.07, 6.45) is 7.62. The van der Waals surface area contributed by atoms with E-state index in [1.54, 1.807) is 11.1 Å². The minimum atomic E-state index is -0.422. The third kappa shape index (κ3) is 4.56. The van der Waals surface area contributed by atoms with Gasteiger partial charge in [-0.2, -0.15) is 0 Å². The highest BCUT2D eigenvalue weighted by molar-refractivity contribution is 6.05. The van der Waals surface area contributed by atoms with Crippen molar-refractivity contribution in [2.45, 2.75) is 70.7 Å². The first-order valence-electron chi connectivity index (χ1n) is 14.4. The summed E-state index contributed by atoms with van der Waals surface area (Å²) in [5, 5.41) is 2.38. The molecule has 4 aliphatic rings. The largest absolute Gasteiger partial charge is 0.490 e. The zero-order valence-corrected chi connectivity index (χ0v) is 23.4. The Morgan fingerprint density at radius 2 is 1.77 bits per heavy atom. The number of urea groups is 1. The number of aromatic nitrogens is 3. The van der Waals surface area contributed by atoms with Gasteiger partial charge in [0, 0.05) is 33.1 Å². The van der Waals surface area contributed by atoms with Gasteiger partial charge in [-0.05, 0) is 80.7 Å². The van der Waals surface area contributed by atoms with Crippen LogP contribution in [0.3, 0.4) is 0 Å². The lowest BCUT2D eigenvalue weighted by Crippen LogP contribution is -2.50. The third-order valence-electron chi connectivity index (χ3n) is 8.98. The van der Waals surface area contributed by atoms with E-state index in [0.717, 1.165) is 42.1 Å². The molecule has 0 atom stereocenters. The lowest BCUT2D eigenvalue weighted by Gasteiger charge is -2.31. The van der Waals surface area contributed by atoms with Gasteiger partial charge in [0.2, 0.25) is 5.91 Å². The Labute approximate surface area is 234 Å². The molecule has 7 rings (SSSR count). The molecule has 1 aromatic carbocycles. The van der Waals surface area contributed by atoms with E-state index in [9.17, 15) is 9.59 Å². The molecular weight excluding hydrogens is 504 g/mol. The van der Waals surface area contributed by atoms with Crippen molar-refractivity contribution in [2.75, 3.05) is 11.4 Å². The first kappa shape index (κ1) is 25.3. The number of carbonyl (C=O) groups excluding carboxylic acids is 2. The summed E-state index contributed by atoms with van der Waals surface area (Å²) in [6, 6.07) is 12.4. The number of fused-ring (bicyclic) bond motifs is 1. The van der Waals surface area contributed by atoms with Gasteiger partial charge >= 0.3 is 6.03 Å². The number of imide groups is 1. The van der Waals surface area contributed by atoms with Crippen molar-refractivity contribution in [2.24, 2.45) is 18.9 Å². The quantitative estimate of drug-likeness (QED) is 0.444. The predicted molar refractivity (Wildman–Crippen MR) is 151 cm³/mol. The number of nitrogens with zero attached hydrogens (tertiary/aromatic N) is 5. The molecule has 2 saturated carbocycles. The minimum Gasteiger partial charge on any atom is -0.490 e. The number of pyridine rings is 1. The Morgan fingerprint density at radius 3 is 2.45 bits per heavy atom. The summed E-state index contributed by atoms with van der Waals surface area (Å²) >= 11 is 0. The Kier molecular flexibility index (Phi) is 5.96. The van der Waals surface area contributed by atoms with Crippen molar-refractivity contribution >= 4 is 17.8 Å². The van der Waals surface area contributed by atoms with Crippen LogP contribution in [-0.4, -0.2) is 44.0 Å². The fourth-order valence-corrected chi connectivity index (χ4v) is 6.23. The second-order valence-electron chi connectivity index (χ2n) is 12.3. The number of hydrogen-bond donors (Lipinski definition) is 1. The number of rotatable bonds is 8. The second-order valence-corrected chi connectivity index (χ2v) is 12.3. The van der Waals surface area contributed by atoms with Crippen molar-refractivity contribution in [3.8, 4) is 17.3 Å². The van der Waals surface area contributed by atoms with Gasteiger partial charge in [-0.25, -0.2) is 14.8 Å². The van der Waals surface area contributed by atoms with E-state index in [1.807, 2.05) is 17.7 Å². The summed E-state index contributed by atoms with van der Waals surface area (Å²) in [6.45, 7) is 6.43. The number of carbonyl (C=O) groups is 2. The van der Waals surface area contributed by atoms with Crippen molar-refractivity contribution in [3.05, 3.63) is 59.4 Å². The van der Waals surface area contributed by atoms with Crippen LogP contribution in [0, 0.1) is 11.8 Å². The highest BCUT2D eigenvalue weighted by Gasteiger charge is 2.43. The van der Waals surface area contributed by atoms with E-state index in [0.29, 0.717) is 24.3 Å². The maximum absolute atomic E-state index is 12.4. The van der Waals surface area contributed by atoms with Crippen LogP contribution in [0.25, 0.3) is 11.5 Å². The van der Waals surface area contributed by atoms with Gasteiger partial charge in [-0.15, -0.1) is 0 Å². The molecule has 3 aromatic rings. The fraction of sp³-hybridized carbons (Fsp3) is 0.484. The standard InChI is InChI=1S/C31H36N6O3/c1-31(2)28-22(10-13-24(33-28)29-32-16-26(35(29)3)37-15-14-25(38)34-30(37)39)18-36(31)17-19-4-11-23(12-5-19)40-27(20-6-7-20)21-8-9-21/h4-5,10-13,16,20-21,27H,6-9,14-15,17-18H2,1-3H3,(H,34,38,39). The van der Waals surface area contributed by atoms with E-state index >= 15 is 0 Å². The van der Waals surface area contributed by atoms with Crippen LogP contribution in [-0.2, 0) is 30.5 Å². The molecule has 0 bridgehead atoms. The topological polar surface area (TPSA) is 92.6 Å². The molecule has 208 valence electrons. The minimum absolute atomic E-state index is 0.254. The van der Waals surface area contributed by atoms with Crippen LogP contribution in [0.1, 0.15) is 62.8 Å². The molecule has 2 aliphatic carbocycles. The summed E-state index contributed by atoms with van der Waals surface area (Å²) in [5.74, 6) is 3.59. The van der Waals surface area contributed by atoms with Crippen molar-refractivity contribution < 1.29 is 14.3 Å². The molecule has 0 unspecified atom stereocenters. The smallest absolute Gasteiger partial charge is 0.329 e. The number of hydrogen-bond acceptors (Lipinski definition) is 6. The maximum atomic E-state index is 12.4. The zero-order valence-electron chi connectivity index (χ0n) is 23.4. The van der Waals surface area contributed by atoms with Crippen LogP contribution in [0.5, 0.6) is 5.75 Å². The van der Waals surface area contributed by atoms with E-state index in [1.165, 1.54) is 36.8 Å². The van der Waals surface area contributed by atoms with Gasteiger partial charge in [0.15, 0.2) is 5.82 Å². The number of anilines is 1. The first-order valence-corrected chi connectivity index (χ1v) is 14.4. The second kappa shape index (κ2) is 9.44. The fourth-order valence-electron chi connectivity index (χ4n) is 6.23. The molecule has 40 heavy (non-hydrogen) atoms. The first-order chi connectivity index (χ1) is 19.3. The number of amides is 3. The molecule has 3 amide bonds. The van der Waals surface area contributed by atoms with Gasteiger partial charge in [0.25, 0.3) is 0 Å². The summed E-state index contributed by atoms with van der Waals surface area (Å²) in [4.78, 5) is 37.6. The molecule has 0 radical (unpaired) electrons. The number of benzene rings is 1. The highest BCUT2D eigenvalue weighted by atomic mass is 16.5. The number of nitrogens with one attached hydrogen (secondary N) is 1. The molecule has 4 heterocycles. The lowest BCUT2D eigenvalue weighted by molar-refractivity contribution is -0.120. The Hall–Kier alpha value is -3.72. The van der Waals surface area contributed by atoms with E-state index in [-0.39, 0.29) is 17.9 Å². The summed E-state index contributed by atoms with van der Waals surface area (Å²) in [5.41, 5.74) is 4.03. The normalized spacial score (nSPS) is 20.6. The molecule has 2 aromatic heterocycles.